The molecule has 2 atom stereocenters. The predicted molar refractivity (Wildman–Crippen MR) is 167 cm³/mol. The molecule has 0 aliphatic carbocycles. The monoisotopic (exact) mass is 677 g/mol. The van der Waals surface area contributed by atoms with Gasteiger partial charge >= 0.3 is 24.0 Å². The molecule has 0 saturated heterocycles. The average molecular weight is 679 g/mol. The largest absolute Gasteiger partial charge is 0.479 e. The van der Waals surface area contributed by atoms with Gasteiger partial charge < -0.3 is 28.8 Å². The van der Waals surface area contributed by atoms with E-state index >= 15 is 0 Å². The van der Waals surface area contributed by atoms with Gasteiger partial charge in [0.15, 0.2) is 17.2 Å². The van der Waals surface area contributed by atoms with Crippen LogP contribution in [0.1, 0.15) is 27.2 Å². The third kappa shape index (κ3) is 7.96. The molecule has 236 valence electrons. The second-order valence-corrected chi connectivity index (χ2v) is 11.0. The molecule has 0 radical (unpaired) electrons. The summed E-state index contributed by atoms with van der Waals surface area (Å²) < 4.78 is 21.5. The Labute approximate surface area is 271 Å². The quantitative estimate of drug-likeness (QED) is 0.174. The molecule has 1 aliphatic heterocycles. The number of aliphatic carboxylic acids is 2. The summed E-state index contributed by atoms with van der Waals surface area (Å²) in [6.07, 6.45) is -0.796. The molecule has 45 heavy (non-hydrogen) atoms. The topological polar surface area (TPSA) is 161 Å². The molecule has 1 unspecified atom stereocenters. The van der Waals surface area contributed by atoms with Gasteiger partial charge in [0.2, 0.25) is 0 Å². The Hall–Kier alpha value is -4.52. The van der Waals surface area contributed by atoms with Gasteiger partial charge in [-0.3, -0.25) is 0 Å². The lowest BCUT2D eigenvalue weighted by Gasteiger charge is -2.30. The number of carboxylic acids is 2. The van der Waals surface area contributed by atoms with E-state index in [9.17, 15) is 19.5 Å². The second kappa shape index (κ2) is 14.1. The highest BCUT2D eigenvalue weighted by atomic mass is 35.5. The van der Waals surface area contributed by atoms with Crippen molar-refractivity contribution in [3.8, 4) is 17.6 Å². The van der Waals surface area contributed by atoms with Crippen LogP contribution >= 0.6 is 34.8 Å². The average Bonchev–Trinajstić information content (AvgIpc) is 3.55. The van der Waals surface area contributed by atoms with Gasteiger partial charge in [0.25, 0.3) is 0 Å². The van der Waals surface area contributed by atoms with Crippen LogP contribution in [0.5, 0.6) is 17.6 Å². The molecule has 2 heterocycles. The lowest BCUT2D eigenvalue weighted by Crippen LogP contribution is -2.47. The number of fused-ring (bicyclic) bond motifs is 1. The summed E-state index contributed by atoms with van der Waals surface area (Å²) in [5.74, 6) is -1.81. The summed E-state index contributed by atoms with van der Waals surface area (Å²) in [5.41, 5.74) is -0.253. The summed E-state index contributed by atoms with van der Waals surface area (Å²) in [4.78, 5) is 38.3. The minimum absolute atomic E-state index is 0.117. The summed E-state index contributed by atoms with van der Waals surface area (Å²) in [7, 11) is 0. The Morgan fingerprint density at radius 2 is 1.64 bits per heavy atom. The van der Waals surface area contributed by atoms with Crippen LogP contribution in [-0.2, 0) is 19.1 Å². The zero-order valence-electron chi connectivity index (χ0n) is 24.0. The molecular weight excluding hydrogens is 653 g/mol. The van der Waals surface area contributed by atoms with Crippen molar-refractivity contribution in [3.05, 3.63) is 75.7 Å². The number of carboxylic acid groups (broad SMARTS) is 2. The Bertz CT molecular complexity index is 1760. The second-order valence-electron chi connectivity index (χ2n) is 9.69. The van der Waals surface area contributed by atoms with Crippen LogP contribution in [0.15, 0.2) is 70.2 Å². The molecule has 1 aromatic heterocycles. The van der Waals surface area contributed by atoms with E-state index in [0.29, 0.717) is 39.3 Å². The highest BCUT2D eigenvalue weighted by Crippen LogP contribution is 2.38. The van der Waals surface area contributed by atoms with Crippen molar-refractivity contribution in [2.24, 2.45) is 5.10 Å². The Morgan fingerprint density at radius 3 is 2.27 bits per heavy atom. The fourth-order valence-electron chi connectivity index (χ4n) is 4.04. The normalized spacial score (nSPS) is 16.3. The molecule has 0 fully saturated rings. The van der Waals surface area contributed by atoms with E-state index in [1.54, 1.807) is 56.3 Å². The van der Waals surface area contributed by atoms with Gasteiger partial charge in [-0.1, -0.05) is 34.8 Å². The number of hydrazone groups is 1. The van der Waals surface area contributed by atoms with Crippen molar-refractivity contribution < 1.29 is 43.2 Å². The first-order valence-corrected chi connectivity index (χ1v) is 14.4. The Morgan fingerprint density at radius 1 is 1.00 bits per heavy atom. The van der Waals surface area contributed by atoms with Crippen molar-refractivity contribution in [2.45, 2.75) is 38.8 Å². The third-order valence-electron chi connectivity index (χ3n) is 6.34. The van der Waals surface area contributed by atoms with Crippen molar-refractivity contribution in [1.82, 2.24) is 4.98 Å². The lowest BCUT2D eigenvalue weighted by atomic mass is 9.95. The molecule has 2 N–H and O–H groups in total. The minimum Gasteiger partial charge on any atom is -0.479 e. The van der Waals surface area contributed by atoms with Crippen LogP contribution in [0, 0.1) is 0 Å². The number of halogens is 3. The number of rotatable bonds is 9. The number of benzene rings is 3. The molecule has 0 saturated carbocycles. The number of carbonyl (C=O) groups is 3. The number of hydrogen-bond acceptors (Lipinski definition) is 10. The molecule has 0 spiro atoms. The first kappa shape index (κ1) is 33.4. The lowest BCUT2D eigenvalue weighted by molar-refractivity contribution is -0.150. The number of oxazole rings is 1. The van der Waals surface area contributed by atoms with E-state index < -0.39 is 29.6 Å². The number of carbonyl (C=O) groups excluding carboxylic acids is 1. The molecule has 12 nitrogen and oxygen atoms in total. The van der Waals surface area contributed by atoms with Crippen molar-refractivity contribution >= 4 is 75.2 Å². The molecule has 5 rings (SSSR count). The van der Waals surface area contributed by atoms with E-state index in [4.69, 9.17) is 58.5 Å². The summed E-state index contributed by atoms with van der Waals surface area (Å²) >= 11 is 17.7. The van der Waals surface area contributed by atoms with Crippen LogP contribution < -0.4 is 14.5 Å². The van der Waals surface area contributed by atoms with Crippen LogP contribution in [0.4, 0.5) is 5.69 Å². The van der Waals surface area contributed by atoms with Crippen LogP contribution in [0.3, 0.4) is 0 Å². The molecule has 1 aliphatic rings. The SMILES string of the molecule is CC1(C(=O)O)CC(C(=O)O)=NN1c1ccc(Cl)cc1Cl.CCOC(=O)[C@@H](C)Oc1ccc(Oc2nc3ccc(Cl)cc3o2)cc1. The van der Waals surface area contributed by atoms with Crippen LogP contribution in [0.25, 0.3) is 11.1 Å². The van der Waals surface area contributed by atoms with E-state index in [1.165, 1.54) is 25.1 Å². The van der Waals surface area contributed by atoms with Gasteiger partial charge in [0.05, 0.1) is 17.3 Å². The van der Waals surface area contributed by atoms with Crippen LogP contribution in [0.2, 0.25) is 15.1 Å². The summed E-state index contributed by atoms with van der Waals surface area (Å²) in [5, 5.41) is 24.5. The first-order valence-electron chi connectivity index (χ1n) is 13.3. The zero-order valence-corrected chi connectivity index (χ0v) is 26.3. The molecule has 15 heteroatoms. The fourth-order valence-corrected chi connectivity index (χ4v) is 4.70. The van der Waals surface area contributed by atoms with E-state index in [0.717, 1.165) is 5.01 Å². The molecule has 0 bridgehead atoms. The van der Waals surface area contributed by atoms with Crippen molar-refractivity contribution in [1.29, 1.82) is 0 Å². The van der Waals surface area contributed by atoms with E-state index in [2.05, 4.69) is 10.1 Å². The number of hydrogen-bond donors (Lipinski definition) is 2. The maximum Gasteiger partial charge on any atom is 0.400 e. The van der Waals surface area contributed by atoms with Crippen LogP contribution in [-0.4, -0.2) is 57.1 Å². The highest BCUT2D eigenvalue weighted by molar-refractivity contribution is 6.38. The van der Waals surface area contributed by atoms with E-state index in [1.807, 2.05) is 0 Å². The van der Waals surface area contributed by atoms with Gasteiger partial charge in [0, 0.05) is 22.5 Å². The zero-order chi connectivity index (χ0) is 32.9. The summed E-state index contributed by atoms with van der Waals surface area (Å²) in [6, 6.07) is 16.4. The standard InChI is InChI=1S/C18H16ClNO5.C12H10Cl2N2O4/c1-3-22-17(21)11(2)23-13-5-7-14(8-6-13)24-18-20-15-9-4-12(19)10-16(15)25-18;1-12(11(19)20)5-8(10(17)18)15-16(12)9-3-2-6(13)4-7(9)14/h4-11H,3H2,1-2H3;2-4H,5H2,1H3,(H,17,18)(H,19,20)/t11-;/m1./s1. The van der Waals surface area contributed by atoms with Gasteiger partial charge in [-0.2, -0.15) is 10.1 Å². The Kier molecular flexibility index (Phi) is 10.4. The number of aromatic nitrogens is 1. The number of anilines is 1. The maximum atomic E-state index is 11.6. The van der Waals surface area contributed by atoms with Gasteiger partial charge in [-0.15, -0.1) is 0 Å². The van der Waals surface area contributed by atoms with Crippen molar-refractivity contribution in [2.75, 3.05) is 11.6 Å². The fraction of sp³-hybridized carbons (Fsp3) is 0.233. The molecular formula is C30H26Cl3N3O9. The molecule has 0 amide bonds. The maximum absolute atomic E-state index is 11.6. The predicted octanol–water partition coefficient (Wildman–Crippen LogP) is 7.09. The number of ether oxygens (including phenoxy) is 3. The van der Waals surface area contributed by atoms with E-state index in [-0.39, 0.29) is 28.9 Å². The third-order valence-corrected chi connectivity index (χ3v) is 7.11. The number of esters is 1. The molecule has 3 aromatic carbocycles. The summed E-state index contributed by atoms with van der Waals surface area (Å²) in [6.45, 7) is 5.08. The highest BCUT2D eigenvalue weighted by Gasteiger charge is 2.48. The molecule has 4 aromatic rings. The number of nitrogens with zero attached hydrogens (tertiary/aromatic N) is 3. The Balaban J connectivity index is 0.000000210. The smallest absolute Gasteiger partial charge is 0.400 e. The van der Waals surface area contributed by atoms with Gasteiger partial charge in [-0.25, -0.2) is 19.4 Å². The minimum atomic E-state index is -1.51. The van der Waals surface area contributed by atoms with Crippen molar-refractivity contribution in [3.63, 3.8) is 0 Å². The van der Waals surface area contributed by atoms with Gasteiger partial charge in [-0.05, 0) is 75.4 Å². The van der Waals surface area contributed by atoms with Gasteiger partial charge in [0.1, 0.15) is 22.7 Å². The first-order chi connectivity index (χ1) is 21.3.